The zero-order chi connectivity index (χ0) is 10.6. The number of hydrogen-bond acceptors (Lipinski definition) is 1. The molecular weight excluding hydrogens is 170 g/mol. The SMILES string of the molecule is CCCCC(N)C1CCC(C)(C)CC1. The molecule has 1 saturated carbocycles. The quantitative estimate of drug-likeness (QED) is 0.730. The van der Waals surface area contributed by atoms with Crippen molar-refractivity contribution in [1.29, 1.82) is 0 Å². The molecule has 0 aromatic rings. The molecule has 1 atom stereocenters. The maximum atomic E-state index is 6.22. The molecule has 0 bridgehead atoms. The van der Waals surface area contributed by atoms with E-state index in [1.54, 1.807) is 0 Å². The summed E-state index contributed by atoms with van der Waals surface area (Å²) in [5.41, 5.74) is 6.81. The highest BCUT2D eigenvalue weighted by Gasteiger charge is 2.29. The van der Waals surface area contributed by atoms with Crippen molar-refractivity contribution in [2.75, 3.05) is 0 Å². The van der Waals surface area contributed by atoms with Gasteiger partial charge in [0, 0.05) is 6.04 Å². The Morgan fingerprint density at radius 3 is 2.36 bits per heavy atom. The van der Waals surface area contributed by atoms with Crippen LogP contribution in [-0.2, 0) is 0 Å². The maximum absolute atomic E-state index is 6.22. The molecule has 14 heavy (non-hydrogen) atoms. The first-order valence-corrected chi connectivity index (χ1v) is 6.31. The molecule has 1 fully saturated rings. The number of hydrogen-bond donors (Lipinski definition) is 1. The van der Waals surface area contributed by atoms with E-state index in [1.807, 2.05) is 0 Å². The minimum Gasteiger partial charge on any atom is -0.327 e. The normalized spacial score (nSPS) is 24.9. The lowest BCUT2D eigenvalue weighted by Gasteiger charge is -2.36. The van der Waals surface area contributed by atoms with Crippen molar-refractivity contribution in [2.45, 2.75) is 71.8 Å². The van der Waals surface area contributed by atoms with E-state index < -0.39 is 0 Å². The number of unbranched alkanes of at least 4 members (excludes halogenated alkanes) is 1. The van der Waals surface area contributed by atoms with E-state index in [0.717, 1.165) is 5.92 Å². The summed E-state index contributed by atoms with van der Waals surface area (Å²) in [6.07, 6.45) is 9.29. The molecule has 1 rings (SSSR count). The first kappa shape index (κ1) is 12.0. The molecule has 0 radical (unpaired) electrons. The molecule has 1 unspecified atom stereocenters. The van der Waals surface area contributed by atoms with Crippen LogP contribution in [0.2, 0.25) is 0 Å². The molecule has 1 nitrogen and oxygen atoms in total. The van der Waals surface area contributed by atoms with Crippen LogP contribution >= 0.6 is 0 Å². The van der Waals surface area contributed by atoms with Gasteiger partial charge in [-0.3, -0.25) is 0 Å². The van der Waals surface area contributed by atoms with Crippen molar-refractivity contribution >= 4 is 0 Å². The van der Waals surface area contributed by atoms with E-state index >= 15 is 0 Å². The summed E-state index contributed by atoms with van der Waals surface area (Å²) in [4.78, 5) is 0. The smallest absolute Gasteiger partial charge is 0.00671 e. The molecule has 0 aliphatic heterocycles. The van der Waals surface area contributed by atoms with E-state index in [0.29, 0.717) is 11.5 Å². The van der Waals surface area contributed by atoms with Crippen molar-refractivity contribution in [2.24, 2.45) is 17.1 Å². The fraction of sp³-hybridized carbons (Fsp3) is 1.00. The average molecular weight is 197 g/mol. The minimum absolute atomic E-state index is 0.478. The second-order valence-electron chi connectivity index (χ2n) is 5.81. The van der Waals surface area contributed by atoms with Gasteiger partial charge in [-0.15, -0.1) is 0 Å². The first-order valence-electron chi connectivity index (χ1n) is 6.31. The Balaban J connectivity index is 2.27. The fourth-order valence-corrected chi connectivity index (χ4v) is 2.53. The molecule has 0 aromatic carbocycles. The van der Waals surface area contributed by atoms with Crippen LogP contribution in [0.5, 0.6) is 0 Å². The van der Waals surface area contributed by atoms with Crippen molar-refractivity contribution in [3.8, 4) is 0 Å². The van der Waals surface area contributed by atoms with Gasteiger partial charge < -0.3 is 5.73 Å². The third-order valence-corrected chi connectivity index (χ3v) is 3.88. The van der Waals surface area contributed by atoms with Crippen LogP contribution in [0.15, 0.2) is 0 Å². The second-order valence-corrected chi connectivity index (χ2v) is 5.81. The Morgan fingerprint density at radius 2 is 1.86 bits per heavy atom. The van der Waals surface area contributed by atoms with Crippen LogP contribution in [0.3, 0.4) is 0 Å². The molecule has 0 spiro atoms. The first-order chi connectivity index (χ1) is 6.55. The lowest BCUT2D eigenvalue weighted by molar-refractivity contribution is 0.169. The van der Waals surface area contributed by atoms with Gasteiger partial charge in [0.2, 0.25) is 0 Å². The summed E-state index contributed by atoms with van der Waals surface area (Å²) in [7, 11) is 0. The Morgan fingerprint density at radius 1 is 1.29 bits per heavy atom. The van der Waals surface area contributed by atoms with Gasteiger partial charge in [0.15, 0.2) is 0 Å². The van der Waals surface area contributed by atoms with Gasteiger partial charge >= 0.3 is 0 Å². The Kier molecular flexibility index (Phi) is 4.43. The van der Waals surface area contributed by atoms with E-state index in [1.165, 1.54) is 44.9 Å². The third-order valence-electron chi connectivity index (χ3n) is 3.88. The van der Waals surface area contributed by atoms with Crippen molar-refractivity contribution in [3.05, 3.63) is 0 Å². The molecule has 1 aliphatic rings. The molecule has 0 saturated heterocycles. The topological polar surface area (TPSA) is 26.0 Å². The van der Waals surface area contributed by atoms with Crippen molar-refractivity contribution < 1.29 is 0 Å². The van der Waals surface area contributed by atoms with E-state index in [9.17, 15) is 0 Å². The van der Waals surface area contributed by atoms with Crippen LogP contribution in [0.4, 0.5) is 0 Å². The monoisotopic (exact) mass is 197 g/mol. The van der Waals surface area contributed by atoms with Crippen LogP contribution < -0.4 is 5.73 Å². The highest BCUT2D eigenvalue weighted by atomic mass is 14.7. The number of rotatable bonds is 4. The molecule has 2 N–H and O–H groups in total. The van der Waals surface area contributed by atoms with Crippen molar-refractivity contribution in [1.82, 2.24) is 0 Å². The molecule has 0 amide bonds. The van der Waals surface area contributed by atoms with Crippen LogP contribution in [0.1, 0.15) is 65.7 Å². The van der Waals surface area contributed by atoms with E-state index in [4.69, 9.17) is 5.73 Å². The Bertz CT molecular complexity index is 153. The molecule has 84 valence electrons. The minimum atomic E-state index is 0.478. The summed E-state index contributed by atoms with van der Waals surface area (Å²) >= 11 is 0. The molecule has 1 heteroatoms. The van der Waals surface area contributed by atoms with Gasteiger partial charge in [0.05, 0.1) is 0 Å². The standard InChI is InChI=1S/C13H27N/c1-4-5-6-12(14)11-7-9-13(2,3)10-8-11/h11-12H,4-10,14H2,1-3H3. The van der Waals surface area contributed by atoms with Gasteiger partial charge in [-0.2, -0.15) is 0 Å². The molecular formula is C13H27N. The lowest BCUT2D eigenvalue weighted by atomic mass is 9.71. The Labute approximate surface area is 89.5 Å². The molecule has 0 aromatic heterocycles. The second kappa shape index (κ2) is 5.16. The Hall–Kier alpha value is -0.0400. The van der Waals surface area contributed by atoms with Crippen LogP contribution in [0.25, 0.3) is 0 Å². The highest BCUT2D eigenvalue weighted by Crippen LogP contribution is 2.39. The van der Waals surface area contributed by atoms with Gasteiger partial charge in [0.25, 0.3) is 0 Å². The predicted molar refractivity (Wildman–Crippen MR) is 63.2 cm³/mol. The highest BCUT2D eigenvalue weighted by molar-refractivity contribution is 4.83. The van der Waals surface area contributed by atoms with Crippen molar-refractivity contribution in [3.63, 3.8) is 0 Å². The predicted octanol–water partition coefficient (Wildman–Crippen LogP) is 3.72. The molecule has 1 aliphatic carbocycles. The van der Waals surface area contributed by atoms with Gasteiger partial charge in [-0.1, -0.05) is 33.6 Å². The summed E-state index contributed by atoms with van der Waals surface area (Å²) < 4.78 is 0. The van der Waals surface area contributed by atoms with Gasteiger partial charge in [0.1, 0.15) is 0 Å². The van der Waals surface area contributed by atoms with Crippen LogP contribution in [-0.4, -0.2) is 6.04 Å². The summed E-state index contributed by atoms with van der Waals surface area (Å²) in [5, 5.41) is 0. The van der Waals surface area contributed by atoms with Gasteiger partial charge in [-0.05, 0) is 43.4 Å². The van der Waals surface area contributed by atoms with E-state index in [-0.39, 0.29) is 0 Å². The zero-order valence-corrected chi connectivity index (χ0v) is 10.2. The third kappa shape index (κ3) is 3.61. The van der Waals surface area contributed by atoms with Gasteiger partial charge in [-0.25, -0.2) is 0 Å². The van der Waals surface area contributed by atoms with E-state index in [2.05, 4.69) is 20.8 Å². The largest absolute Gasteiger partial charge is 0.327 e. The molecule has 0 heterocycles. The summed E-state index contributed by atoms with van der Waals surface area (Å²) in [6.45, 7) is 7.03. The lowest BCUT2D eigenvalue weighted by Crippen LogP contribution is -2.34. The average Bonchev–Trinajstić information content (AvgIpc) is 2.14. The zero-order valence-electron chi connectivity index (χ0n) is 10.2. The fourth-order valence-electron chi connectivity index (χ4n) is 2.53. The maximum Gasteiger partial charge on any atom is 0.00671 e. The summed E-state index contributed by atoms with van der Waals surface area (Å²) in [5.74, 6) is 0.814. The number of nitrogens with two attached hydrogens (primary N) is 1. The summed E-state index contributed by atoms with van der Waals surface area (Å²) in [6, 6.07) is 0.478. The van der Waals surface area contributed by atoms with Crippen LogP contribution in [0, 0.1) is 11.3 Å².